The lowest BCUT2D eigenvalue weighted by Crippen LogP contribution is -2.27. The zero-order chi connectivity index (χ0) is 20.8. The molecular formula is C22H29FO5S. The van der Waals surface area contributed by atoms with Crippen molar-refractivity contribution in [1.82, 2.24) is 0 Å². The summed E-state index contributed by atoms with van der Waals surface area (Å²) in [5.41, 5.74) is 0. The number of fused-ring (bicyclic) bond motifs is 1. The first-order chi connectivity index (χ1) is 13.9. The van der Waals surface area contributed by atoms with Crippen LogP contribution in [0.2, 0.25) is 0 Å². The van der Waals surface area contributed by atoms with Gasteiger partial charge < -0.3 is 20.1 Å². The van der Waals surface area contributed by atoms with Crippen molar-refractivity contribution in [2.75, 3.05) is 6.61 Å². The molecule has 3 rings (SSSR count). The molecule has 2 aliphatic rings. The number of hydrogen-bond donors (Lipinski definition) is 3. The fourth-order valence-electron chi connectivity index (χ4n) is 4.32. The Morgan fingerprint density at radius 2 is 2.07 bits per heavy atom. The van der Waals surface area contributed by atoms with E-state index in [4.69, 9.17) is 9.84 Å². The average Bonchev–Trinajstić information content (AvgIpc) is 3.00. The van der Waals surface area contributed by atoms with Gasteiger partial charge in [-0.05, 0) is 62.3 Å². The summed E-state index contributed by atoms with van der Waals surface area (Å²) in [6.45, 7) is 0.0689. The Morgan fingerprint density at radius 3 is 2.79 bits per heavy atom. The van der Waals surface area contributed by atoms with E-state index < -0.39 is 18.2 Å². The predicted molar refractivity (Wildman–Crippen MR) is 111 cm³/mol. The summed E-state index contributed by atoms with van der Waals surface area (Å²) in [4.78, 5) is 10.7. The number of carbonyl (C=O) groups is 1. The molecule has 7 heteroatoms. The Bertz CT molecular complexity index is 695. The first kappa shape index (κ1) is 22.1. The third-order valence-corrected chi connectivity index (χ3v) is 7.53. The summed E-state index contributed by atoms with van der Waals surface area (Å²) in [5.74, 6) is -0.179. The van der Waals surface area contributed by atoms with Crippen molar-refractivity contribution in [3.8, 4) is 5.75 Å². The van der Waals surface area contributed by atoms with E-state index in [0.717, 1.165) is 25.7 Å². The monoisotopic (exact) mass is 424 g/mol. The van der Waals surface area contributed by atoms with E-state index in [2.05, 4.69) is 0 Å². The van der Waals surface area contributed by atoms with Gasteiger partial charge in [0.05, 0.1) is 6.10 Å². The molecule has 0 amide bonds. The van der Waals surface area contributed by atoms with Crippen LogP contribution in [-0.2, 0) is 4.79 Å². The molecule has 0 radical (unpaired) electrons. The molecule has 3 N–H and O–H groups in total. The highest BCUT2D eigenvalue weighted by Crippen LogP contribution is 2.49. The number of carboxylic acids is 1. The van der Waals surface area contributed by atoms with Crippen LogP contribution in [0.15, 0.2) is 36.4 Å². The largest absolute Gasteiger partial charge is 0.491 e. The number of rotatable bonds is 9. The highest BCUT2D eigenvalue weighted by molar-refractivity contribution is 8.00. The van der Waals surface area contributed by atoms with Crippen molar-refractivity contribution in [2.24, 2.45) is 11.8 Å². The van der Waals surface area contributed by atoms with Gasteiger partial charge in [0.15, 0.2) is 0 Å². The lowest BCUT2D eigenvalue weighted by atomic mass is 9.88. The van der Waals surface area contributed by atoms with Crippen LogP contribution >= 0.6 is 11.8 Å². The number of aliphatic hydroxyl groups excluding tert-OH is 2. The van der Waals surface area contributed by atoms with Gasteiger partial charge in [0.1, 0.15) is 24.3 Å². The van der Waals surface area contributed by atoms with Crippen molar-refractivity contribution >= 4 is 17.7 Å². The summed E-state index contributed by atoms with van der Waals surface area (Å²) in [6.07, 6.45) is 7.01. The predicted octanol–water partition coefficient (Wildman–Crippen LogP) is 3.64. The fourth-order valence-corrected chi connectivity index (χ4v) is 6.22. The van der Waals surface area contributed by atoms with E-state index in [1.807, 2.05) is 17.8 Å². The van der Waals surface area contributed by atoms with E-state index in [1.54, 1.807) is 6.08 Å². The number of aliphatic hydroxyl groups is 2. The van der Waals surface area contributed by atoms with Crippen LogP contribution in [0.1, 0.15) is 38.5 Å². The minimum absolute atomic E-state index is 0.0212. The molecule has 1 aliphatic carbocycles. The van der Waals surface area contributed by atoms with Crippen LogP contribution in [0.5, 0.6) is 5.75 Å². The molecule has 1 aromatic rings. The number of ether oxygens (including phenoxy) is 1. The van der Waals surface area contributed by atoms with Gasteiger partial charge in [0, 0.05) is 22.8 Å². The molecule has 1 aliphatic heterocycles. The third-order valence-electron chi connectivity index (χ3n) is 5.79. The standard InChI is InChI=1S/C22H29FO5S/c23-14-4-7-16(8-5-14)28-13-15(24)6-10-18-19-11-9-17(2-1-3-22(26)27)29-21(19)12-20(18)25/h4-8,10,15,17-21,24-25H,1-3,9,11-13H2,(H,26,27)/b10-6+/t15-,17+,18-,19-,20-,21+/m1/s1. The maximum Gasteiger partial charge on any atom is 0.303 e. The molecule has 0 spiro atoms. The third kappa shape index (κ3) is 6.46. The molecule has 160 valence electrons. The van der Waals surface area contributed by atoms with Gasteiger partial charge in [-0.1, -0.05) is 12.2 Å². The lowest BCUT2D eigenvalue weighted by molar-refractivity contribution is -0.137. The normalized spacial score (nSPS) is 30.2. The van der Waals surface area contributed by atoms with E-state index in [1.165, 1.54) is 24.3 Å². The minimum Gasteiger partial charge on any atom is -0.491 e. The number of hydrogen-bond acceptors (Lipinski definition) is 5. The molecule has 0 bridgehead atoms. The highest BCUT2D eigenvalue weighted by Gasteiger charge is 2.44. The number of benzene rings is 1. The van der Waals surface area contributed by atoms with Crippen LogP contribution in [-0.4, -0.2) is 50.6 Å². The Morgan fingerprint density at radius 1 is 1.31 bits per heavy atom. The van der Waals surface area contributed by atoms with Crippen LogP contribution in [0, 0.1) is 17.7 Å². The molecule has 2 fully saturated rings. The van der Waals surface area contributed by atoms with Gasteiger partial charge in [-0.15, -0.1) is 0 Å². The maximum atomic E-state index is 12.9. The van der Waals surface area contributed by atoms with Crippen LogP contribution in [0.25, 0.3) is 0 Å². The molecule has 1 aromatic carbocycles. The van der Waals surface area contributed by atoms with Crippen molar-refractivity contribution in [1.29, 1.82) is 0 Å². The minimum atomic E-state index is -0.800. The van der Waals surface area contributed by atoms with Gasteiger partial charge in [-0.25, -0.2) is 4.39 Å². The number of thioether (sulfide) groups is 1. The summed E-state index contributed by atoms with van der Waals surface area (Å²) in [5, 5.41) is 30.3. The van der Waals surface area contributed by atoms with Crippen molar-refractivity contribution < 1.29 is 29.2 Å². The number of halogens is 1. The zero-order valence-corrected chi connectivity index (χ0v) is 17.1. The van der Waals surface area contributed by atoms with E-state index in [0.29, 0.717) is 28.6 Å². The highest BCUT2D eigenvalue weighted by atomic mass is 32.2. The van der Waals surface area contributed by atoms with Crippen molar-refractivity contribution in [2.45, 2.75) is 61.2 Å². The first-order valence-electron chi connectivity index (χ1n) is 10.2. The zero-order valence-electron chi connectivity index (χ0n) is 16.3. The van der Waals surface area contributed by atoms with Gasteiger partial charge in [-0.3, -0.25) is 4.79 Å². The fraction of sp³-hybridized carbons (Fsp3) is 0.591. The number of carboxylic acid groups (broad SMARTS) is 1. The molecule has 6 atom stereocenters. The molecule has 1 saturated heterocycles. The van der Waals surface area contributed by atoms with E-state index in [9.17, 15) is 19.4 Å². The average molecular weight is 425 g/mol. The topological polar surface area (TPSA) is 87.0 Å². The van der Waals surface area contributed by atoms with Gasteiger partial charge in [0.25, 0.3) is 0 Å². The molecule has 1 saturated carbocycles. The first-order valence-corrected chi connectivity index (χ1v) is 11.2. The Hall–Kier alpha value is -1.57. The molecule has 0 unspecified atom stereocenters. The van der Waals surface area contributed by atoms with Gasteiger partial charge >= 0.3 is 5.97 Å². The van der Waals surface area contributed by atoms with E-state index >= 15 is 0 Å². The van der Waals surface area contributed by atoms with Crippen molar-refractivity contribution in [3.63, 3.8) is 0 Å². The quantitative estimate of drug-likeness (QED) is 0.525. The number of aliphatic carboxylic acids is 1. The lowest BCUT2D eigenvalue weighted by Gasteiger charge is -2.33. The summed E-state index contributed by atoms with van der Waals surface area (Å²) in [6, 6.07) is 5.65. The second-order valence-corrected chi connectivity index (χ2v) is 9.47. The molecule has 29 heavy (non-hydrogen) atoms. The smallest absolute Gasteiger partial charge is 0.303 e. The second kappa shape index (κ2) is 10.5. The molecule has 1 heterocycles. The summed E-state index contributed by atoms with van der Waals surface area (Å²) < 4.78 is 18.4. The Kier molecular flexibility index (Phi) is 7.98. The van der Waals surface area contributed by atoms with E-state index in [-0.39, 0.29) is 24.8 Å². The van der Waals surface area contributed by atoms with Crippen LogP contribution in [0.4, 0.5) is 4.39 Å². The molecular weight excluding hydrogens is 395 g/mol. The second-order valence-electron chi connectivity index (χ2n) is 7.92. The summed E-state index contributed by atoms with van der Waals surface area (Å²) >= 11 is 1.90. The summed E-state index contributed by atoms with van der Waals surface area (Å²) in [7, 11) is 0. The van der Waals surface area contributed by atoms with Gasteiger partial charge in [0.2, 0.25) is 0 Å². The van der Waals surface area contributed by atoms with Crippen molar-refractivity contribution in [3.05, 3.63) is 42.2 Å². The molecule has 0 aromatic heterocycles. The van der Waals surface area contributed by atoms with Crippen LogP contribution in [0.3, 0.4) is 0 Å². The SMILES string of the molecule is O=C(O)CCC[C@H]1CC[C@@H]2[C@@H](/C=C/[C@@H](O)COc3ccc(F)cc3)[C@H](O)C[C@@H]2S1. The van der Waals surface area contributed by atoms with Crippen LogP contribution < -0.4 is 4.74 Å². The Balaban J connectivity index is 1.46. The maximum absolute atomic E-state index is 12.9. The van der Waals surface area contributed by atoms with Gasteiger partial charge in [-0.2, -0.15) is 11.8 Å². The Labute approximate surface area is 175 Å². The molecule has 5 nitrogen and oxygen atoms in total.